The average Bonchev–Trinajstić information content (AvgIpc) is 2.67. The Morgan fingerprint density at radius 2 is 1.63 bits per heavy atom. The van der Waals surface area contributed by atoms with Crippen LogP contribution in [0, 0.1) is 11.7 Å². The summed E-state index contributed by atoms with van der Waals surface area (Å²) in [6.07, 6.45) is -1.26. The Hall–Kier alpha value is -3.18. The molecule has 3 aromatic carbocycles. The second-order valence-corrected chi connectivity index (χ2v) is 6.19. The molecule has 0 heterocycles. The van der Waals surface area contributed by atoms with E-state index in [1.807, 2.05) is 30.3 Å². The Morgan fingerprint density at radius 1 is 0.963 bits per heavy atom. The predicted octanol–water partition coefficient (Wildman–Crippen LogP) is 3.26. The van der Waals surface area contributed by atoms with Gasteiger partial charge in [0.05, 0.1) is 6.10 Å². The second kappa shape index (κ2) is 8.47. The lowest BCUT2D eigenvalue weighted by Gasteiger charge is -2.24. The number of halogens is 1. The number of ether oxygens (including phenoxy) is 1. The Balaban J connectivity index is 1.77. The summed E-state index contributed by atoms with van der Waals surface area (Å²) in [5.41, 5.74) is 1.00. The van der Waals surface area contributed by atoms with Gasteiger partial charge in [-0.15, -0.1) is 0 Å². The number of aliphatic carboxylic acids is 1. The maximum absolute atomic E-state index is 13.1. The highest BCUT2D eigenvalue weighted by Crippen LogP contribution is 2.28. The molecule has 0 saturated heterocycles. The first-order valence-corrected chi connectivity index (χ1v) is 8.49. The molecule has 0 spiro atoms. The van der Waals surface area contributed by atoms with Crippen molar-refractivity contribution in [3.63, 3.8) is 0 Å². The van der Waals surface area contributed by atoms with Gasteiger partial charge in [0.15, 0.2) is 0 Å². The fourth-order valence-corrected chi connectivity index (χ4v) is 2.83. The first kappa shape index (κ1) is 18.6. The summed E-state index contributed by atoms with van der Waals surface area (Å²) in [6.45, 7) is 0. The average molecular weight is 365 g/mol. The largest absolute Gasteiger partial charge is 0.550 e. The number of carbonyl (C=O) groups excluding carboxylic acids is 1. The highest BCUT2D eigenvalue weighted by molar-refractivity contribution is 5.69. The molecule has 0 amide bonds. The molecule has 2 unspecified atom stereocenters. The predicted molar refractivity (Wildman–Crippen MR) is 96.5 cm³/mol. The van der Waals surface area contributed by atoms with Crippen LogP contribution in [0.1, 0.15) is 17.2 Å². The van der Waals surface area contributed by atoms with Gasteiger partial charge in [-0.25, -0.2) is 4.39 Å². The monoisotopic (exact) mass is 365 g/mol. The minimum absolute atomic E-state index is 0.0485. The van der Waals surface area contributed by atoms with Gasteiger partial charge in [-0.1, -0.05) is 42.5 Å². The van der Waals surface area contributed by atoms with Gasteiger partial charge >= 0.3 is 0 Å². The van der Waals surface area contributed by atoms with Crippen molar-refractivity contribution >= 4 is 5.97 Å². The quantitative estimate of drug-likeness (QED) is 0.698. The molecule has 27 heavy (non-hydrogen) atoms. The number of para-hydroxylation sites is 1. The summed E-state index contributed by atoms with van der Waals surface area (Å²) in [5.74, 6) is -1.78. The van der Waals surface area contributed by atoms with Gasteiger partial charge in [0.2, 0.25) is 0 Å². The van der Waals surface area contributed by atoms with Gasteiger partial charge in [0.25, 0.3) is 0 Å². The van der Waals surface area contributed by atoms with Crippen LogP contribution in [0.4, 0.5) is 4.39 Å². The van der Waals surface area contributed by atoms with Crippen molar-refractivity contribution in [3.05, 3.63) is 95.8 Å². The van der Waals surface area contributed by atoms with Crippen LogP contribution in [0.2, 0.25) is 0 Å². The molecule has 4 nitrogen and oxygen atoms in total. The third-order valence-corrected chi connectivity index (χ3v) is 4.23. The lowest BCUT2D eigenvalue weighted by molar-refractivity contribution is -0.314. The number of rotatable bonds is 7. The fourth-order valence-electron chi connectivity index (χ4n) is 2.83. The molecule has 0 aliphatic heterocycles. The summed E-state index contributed by atoms with van der Waals surface area (Å²) in [5, 5.41) is 22.0. The van der Waals surface area contributed by atoms with Gasteiger partial charge < -0.3 is 19.7 Å². The van der Waals surface area contributed by atoms with Gasteiger partial charge in [0, 0.05) is 11.9 Å². The van der Waals surface area contributed by atoms with Crippen molar-refractivity contribution in [2.75, 3.05) is 0 Å². The first-order chi connectivity index (χ1) is 13.0. The van der Waals surface area contributed by atoms with Crippen molar-refractivity contribution in [2.45, 2.75) is 12.5 Å². The van der Waals surface area contributed by atoms with Crippen molar-refractivity contribution in [1.82, 2.24) is 0 Å². The molecule has 3 aromatic rings. The zero-order chi connectivity index (χ0) is 19.2. The molecule has 0 saturated carbocycles. The lowest BCUT2D eigenvalue weighted by Crippen LogP contribution is -2.36. The highest BCUT2D eigenvalue weighted by atomic mass is 19.1. The molecule has 1 N–H and O–H groups in total. The van der Waals surface area contributed by atoms with Crippen LogP contribution >= 0.6 is 0 Å². The molecular weight excluding hydrogens is 347 g/mol. The fraction of sp³-hybridized carbons (Fsp3) is 0.136. The van der Waals surface area contributed by atoms with E-state index in [1.165, 1.54) is 24.3 Å². The summed E-state index contributed by atoms with van der Waals surface area (Å²) in [4.78, 5) is 11.6. The standard InChI is InChI=1S/C22H19FO4/c23-17-11-9-16(10-12-17)21(24)20(22(25)26)14-15-5-4-8-19(13-15)27-18-6-2-1-3-7-18/h1-13,20-21,24H,14H2,(H,25,26)/p-1. The molecule has 0 aliphatic carbocycles. The number of carboxylic acids is 1. The summed E-state index contributed by atoms with van der Waals surface area (Å²) in [7, 11) is 0. The third kappa shape index (κ3) is 4.92. The highest BCUT2D eigenvalue weighted by Gasteiger charge is 2.23. The van der Waals surface area contributed by atoms with Crippen LogP contribution in [-0.2, 0) is 11.2 Å². The van der Waals surface area contributed by atoms with Crippen LogP contribution in [-0.4, -0.2) is 11.1 Å². The maximum atomic E-state index is 13.1. The topological polar surface area (TPSA) is 69.6 Å². The maximum Gasteiger partial charge on any atom is 0.127 e. The van der Waals surface area contributed by atoms with Crippen molar-refractivity contribution in [3.8, 4) is 11.5 Å². The smallest absolute Gasteiger partial charge is 0.127 e. The van der Waals surface area contributed by atoms with E-state index in [1.54, 1.807) is 24.3 Å². The third-order valence-electron chi connectivity index (χ3n) is 4.23. The van der Waals surface area contributed by atoms with E-state index in [0.29, 0.717) is 22.6 Å². The minimum atomic E-state index is -1.37. The Labute approximate surface area is 156 Å². The molecule has 138 valence electrons. The Bertz CT molecular complexity index is 894. The zero-order valence-corrected chi connectivity index (χ0v) is 14.4. The zero-order valence-electron chi connectivity index (χ0n) is 14.4. The molecule has 0 fully saturated rings. The first-order valence-electron chi connectivity index (χ1n) is 8.49. The molecule has 0 radical (unpaired) electrons. The summed E-state index contributed by atoms with van der Waals surface area (Å²) >= 11 is 0. The van der Waals surface area contributed by atoms with Crippen LogP contribution in [0.25, 0.3) is 0 Å². The molecule has 0 aliphatic rings. The molecule has 2 atom stereocenters. The molecule has 0 aromatic heterocycles. The normalized spacial score (nSPS) is 13.0. The van der Waals surface area contributed by atoms with E-state index in [0.717, 1.165) is 0 Å². The molecule has 3 rings (SSSR count). The van der Waals surface area contributed by atoms with Gasteiger partial charge in [-0.2, -0.15) is 0 Å². The Morgan fingerprint density at radius 3 is 2.30 bits per heavy atom. The molecule has 0 bridgehead atoms. The lowest BCUT2D eigenvalue weighted by atomic mass is 9.90. The number of carbonyl (C=O) groups is 1. The second-order valence-electron chi connectivity index (χ2n) is 6.19. The van der Waals surface area contributed by atoms with Crippen molar-refractivity contribution in [2.24, 2.45) is 5.92 Å². The van der Waals surface area contributed by atoms with E-state index in [9.17, 15) is 19.4 Å². The van der Waals surface area contributed by atoms with Gasteiger partial charge in [-0.3, -0.25) is 0 Å². The number of aliphatic hydroxyl groups is 1. The number of benzene rings is 3. The van der Waals surface area contributed by atoms with Crippen LogP contribution in [0.5, 0.6) is 11.5 Å². The van der Waals surface area contributed by atoms with E-state index in [-0.39, 0.29) is 6.42 Å². The van der Waals surface area contributed by atoms with Gasteiger partial charge in [0.1, 0.15) is 17.3 Å². The summed E-state index contributed by atoms with van der Waals surface area (Å²) in [6, 6.07) is 21.3. The van der Waals surface area contributed by atoms with E-state index in [4.69, 9.17) is 4.74 Å². The Kier molecular flexibility index (Phi) is 5.84. The SMILES string of the molecule is O=C([O-])C(Cc1cccc(Oc2ccccc2)c1)C(O)c1ccc(F)cc1. The van der Waals surface area contributed by atoms with Crippen LogP contribution < -0.4 is 9.84 Å². The number of carboxylic acid groups (broad SMARTS) is 1. The molecule has 5 heteroatoms. The van der Waals surface area contributed by atoms with Crippen LogP contribution in [0.15, 0.2) is 78.9 Å². The van der Waals surface area contributed by atoms with E-state index >= 15 is 0 Å². The number of hydrogen-bond donors (Lipinski definition) is 1. The number of aliphatic hydroxyl groups excluding tert-OH is 1. The minimum Gasteiger partial charge on any atom is -0.550 e. The molecular formula is C22H18FO4-. The van der Waals surface area contributed by atoms with Crippen LogP contribution in [0.3, 0.4) is 0 Å². The van der Waals surface area contributed by atoms with Gasteiger partial charge in [-0.05, 0) is 53.9 Å². The summed E-state index contributed by atoms with van der Waals surface area (Å²) < 4.78 is 18.8. The van der Waals surface area contributed by atoms with Crippen molar-refractivity contribution in [1.29, 1.82) is 0 Å². The van der Waals surface area contributed by atoms with Crippen molar-refractivity contribution < 1.29 is 24.1 Å². The number of hydrogen-bond acceptors (Lipinski definition) is 4. The van der Waals surface area contributed by atoms with E-state index < -0.39 is 23.8 Å². The van der Waals surface area contributed by atoms with E-state index in [2.05, 4.69) is 0 Å².